The first-order valence-corrected chi connectivity index (χ1v) is 5.64. The number of hydrogen-bond acceptors (Lipinski definition) is 3. The number of carboxylic acid groups (broad SMARTS) is 1. The molecule has 0 saturated heterocycles. The van der Waals surface area contributed by atoms with Crippen molar-refractivity contribution in [2.45, 2.75) is 32.7 Å². The first kappa shape index (κ1) is 12.8. The van der Waals surface area contributed by atoms with Crippen LogP contribution in [0.25, 0.3) is 0 Å². The van der Waals surface area contributed by atoms with E-state index in [-0.39, 0.29) is 5.76 Å². The summed E-state index contributed by atoms with van der Waals surface area (Å²) in [5.41, 5.74) is 0. The van der Waals surface area contributed by atoms with E-state index >= 15 is 0 Å². The Morgan fingerprint density at radius 3 is 2.75 bits per heavy atom. The van der Waals surface area contributed by atoms with Crippen molar-refractivity contribution in [1.82, 2.24) is 4.90 Å². The maximum atomic E-state index is 10.6. The van der Waals surface area contributed by atoms with Crippen molar-refractivity contribution in [3.05, 3.63) is 23.7 Å². The molecule has 0 saturated carbocycles. The zero-order chi connectivity index (χ0) is 12.0. The van der Waals surface area contributed by atoms with Crippen LogP contribution >= 0.6 is 0 Å². The van der Waals surface area contributed by atoms with E-state index in [0.29, 0.717) is 12.3 Å². The standard InChI is InChI=1S/C12H19NO3/c1-3-4-5-8-13(2)9-10-6-7-11(16-10)12(14)15/h6-7H,3-5,8-9H2,1-2H3,(H,14,15). The topological polar surface area (TPSA) is 53.7 Å². The highest BCUT2D eigenvalue weighted by Gasteiger charge is 2.09. The van der Waals surface area contributed by atoms with Gasteiger partial charge in [0, 0.05) is 0 Å². The van der Waals surface area contributed by atoms with Gasteiger partial charge in [-0.1, -0.05) is 19.8 Å². The molecular formula is C12H19NO3. The molecule has 1 heterocycles. The van der Waals surface area contributed by atoms with E-state index in [4.69, 9.17) is 9.52 Å². The number of carboxylic acids is 1. The van der Waals surface area contributed by atoms with Gasteiger partial charge in [-0.15, -0.1) is 0 Å². The molecule has 1 aromatic rings. The van der Waals surface area contributed by atoms with Crippen LogP contribution in [-0.4, -0.2) is 29.6 Å². The Hall–Kier alpha value is -1.29. The fourth-order valence-electron chi connectivity index (χ4n) is 1.55. The molecular weight excluding hydrogens is 206 g/mol. The fraction of sp³-hybridized carbons (Fsp3) is 0.583. The molecule has 0 amide bonds. The zero-order valence-corrected chi connectivity index (χ0v) is 9.90. The molecule has 4 heteroatoms. The second kappa shape index (κ2) is 6.33. The van der Waals surface area contributed by atoms with E-state index in [2.05, 4.69) is 11.8 Å². The van der Waals surface area contributed by atoms with E-state index in [9.17, 15) is 4.79 Å². The monoisotopic (exact) mass is 225 g/mol. The van der Waals surface area contributed by atoms with Crippen molar-refractivity contribution in [3.8, 4) is 0 Å². The summed E-state index contributed by atoms with van der Waals surface area (Å²) >= 11 is 0. The Morgan fingerprint density at radius 1 is 1.44 bits per heavy atom. The summed E-state index contributed by atoms with van der Waals surface area (Å²) in [6.07, 6.45) is 3.60. The van der Waals surface area contributed by atoms with Gasteiger partial charge in [-0.25, -0.2) is 4.79 Å². The quantitative estimate of drug-likeness (QED) is 0.725. The molecule has 0 unspecified atom stereocenters. The van der Waals surface area contributed by atoms with Crippen LogP contribution in [0.15, 0.2) is 16.5 Å². The fourth-order valence-corrected chi connectivity index (χ4v) is 1.55. The first-order valence-electron chi connectivity index (χ1n) is 5.64. The highest BCUT2D eigenvalue weighted by molar-refractivity contribution is 5.84. The normalized spacial score (nSPS) is 10.9. The van der Waals surface area contributed by atoms with Crippen LogP contribution in [0.4, 0.5) is 0 Å². The van der Waals surface area contributed by atoms with Crippen molar-refractivity contribution >= 4 is 5.97 Å². The molecule has 0 atom stereocenters. The summed E-state index contributed by atoms with van der Waals surface area (Å²) in [4.78, 5) is 12.7. The van der Waals surface area contributed by atoms with Gasteiger partial charge in [0.1, 0.15) is 5.76 Å². The summed E-state index contributed by atoms with van der Waals surface area (Å²) in [5, 5.41) is 8.70. The third-order valence-electron chi connectivity index (χ3n) is 2.44. The number of furan rings is 1. The Morgan fingerprint density at radius 2 is 2.19 bits per heavy atom. The second-order valence-corrected chi connectivity index (χ2v) is 4.02. The van der Waals surface area contributed by atoms with Gasteiger partial charge in [-0.3, -0.25) is 4.90 Å². The van der Waals surface area contributed by atoms with Gasteiger partial charge in [0.2, 0.25) is 5.76 Å². The maximum Gasteiger partial charge on any atom is 0.371 e. The summed E-state index contributed by atoms with van der Waals surface area (Å²) in [7, 11) is 2.01. The van der Waals surface area contributed by atoms with E-state index in [1.54, 1.807) is 6.07 Å². The molecule has 0 spiro atoms. The SMILES string of the molecule is CCCCCN(C)Cc1ccc(C(=O)O)o1. The number of nitrogens with zero attached hydrogens (tertiary/aromatic N) is 1. The van der Waals surface area contributed by atoms with E-state index in [1.165, 1.54) is 25.3 Å². The summed E-state index contributed by atoms with van der Waals surface area (Å²) in [5.74, 6) is -0.298. The number of carbonyl (C=O) groups is 1. The summed E-state index contributed by atoms with van der Waals surface area (Å²) in [6.45, 7) is 3.85. The van der Waals surface area contributed by atoms with E-state index in [1.807, 2.05) is 7.05 Å². The highest BCUT2D eigenvalue weighted by Crippen LogP contribution is 2.10. The predicted molar refractivity (Wildman–Crippen MR) is 61.5 cm³/mol. The lowest BCUT2D eigenvalue weighted by Crippen LogP contribution is -2.18. The average molecular weight is 225 g/mol. The minimum Gasteiger partial charge on any atom is -0.475 e. The van der Waals surface area contributed by atoms with Crippen LogP contribution in [0.5, 0.6) is 0 Å². The van der Waals surface area contributed by atoms with Crippen molar-refractivity contribution < 1.29 is 14.3 Å². The average Bonchev–Trinajstić information content (AvgIpc) is 2.66. The van der Waals surface area contributed by atoms with Gasteiger partial charge in [0.15, 0.2) is 0 Å². The molecule has 0 aliphatic carbocycles. The van der Waals surface area contributed by atoms with Crippen LogP contribution < -0.4 is 0 Å². The van der Waals surface area contributed by atoms with Crippen molar-refractivity contribution in [3.63, 3.8) is 0 Å². The third-order valence-corrected chi connectivity index (χ3v) is 2.44. The summed E-state index contributed by atoms with van der Waals surface area (Å²) < 4.78 is 5.18. The predicted octanol–water partition coefficient (Wildman–Crippen LogP) is 2.60. The van der Waals surface area contributed by atoms with Crippen LogP contribution in [0.1, 0.15) is 42.5 Å². The molecule has 0 fully saturated rings. The molecule has 1 N–H and O–H groups in total. The number of rotatable bonds is 7. The number of unbranched alkanes of at least 4 members (excludes halogenated alkanes) is 2. The van der Waals surface area contributed by atoms with Gasteiger partial charge in [-0.05, 0) is 32.1 Å². The zero-order valence-electron chi connectivity index (χ0n) is 9.90. The Kier molecular flexibility index (Phi) is 5.05. The lowest BCUT2D eigenvalue weighted by Gasteiger charge is -2.14. The lowest BCUT2D eigenvalue weighted by molar-refractivity contribution is 0.0658. The molecule has 90 valence electrons. The lowest BCUT2D eigenvalue weighted by atomic mass is 10.2. The molecule has 0 radical (unpaired) electrons. The molecule has 1 aromatic heterocycles. The Balaban J connectivity index is 2.37. The number of aromatic carboxylic acids is 1. The largest absolute Gasteiger partial charge is 0.475 e. The van der Waals surface area contributed by atoms with Crippen molar-refractivity contribution in [2.75, 3.05) is 13.6 Å². The second-order valence-electron chi connectivity index (χ2n) is 4.02. The first-order chi connectivity index (χ1) is 7.63. The highest BCUT2D eigenvalue weighted by atomic mass is 16.4. The smallest absolute Gasteiger partial charge is 0.371 e. The van der Waals surface area contributed by atoms with Crippen LogP contribution in [0, 0.1) is 0 Å². The molecule has 4 nitrogen and oxygen atoms in total. The Bertz CT molecular complexity index is 333. The van der Waals surface area contributed by atoms with Gasteiger partial charge >= 0.3 is 5.97 Å². The number of hydrogen-bond donors (Lipinski definition) is 1. The van der Waals surface area contributed by atoms with Gasteiger partial charge in [-0.2, -0.15) is 0 Å². The maximum absolute atomic E-state index is 10.6. The van der Waals surface area contributed by atoms with Crippen molar-refractivity contribution in [2.24, 2.45) is 0 Å². The Labute approximate surface area is 95.9 Å². The van der Waals surface area contributed by atoms with Crippen LogP contribution in [-0.2, 0) is 6.54 Å². The minimum absolute atomic E-state index is 0.0111. The minimum atomic E-state index is -1.01. The van der Waals surface area contributed by atoms with Crippen LogP contribution in [0.2, 0.25) is 0 Å². The van der Waals surface area contributed by atoms with E-state index < -0.39 is 5.97 Å². The molecule has 0 aromatic carbocycles. The summed E-state index contributed by atoms with van der Waals surface area (Å²) in [6, 6.07) is 3.22. The molecule has 0 aliphatic heterocycles. The molecule has 1 rings (SSSR count). The van der Waals surface area contributed by atoms with Gasteiger partial charge in [0.05, 0.1) is 6.54 Å². The molecule has 0 bridgehead atoms. The third kappa shape index (κ3) is 4.06. The molecule has 0 aliphatic rings. The van der Waals surface area contributed by atoms with Gasteiger partial charge < -0.3 is 9.52 Å². The van der Waals surface area contributed by atoms with Gasteiger partial charge in [0.25, 0.3) is 0 Å². The van der Waals surface area contributed by atoms with Crippen molar-refractivity contribution in [1.29, 1.82) is 0 Å². The molecule has 16 heavy (non-hydrogen) atoms. The van der Waals surface area contributed by atoms with Crippen LogP contribution in [0.3, 0.4) is 0 Å². The van der Waals surface area contributed by atoms with E-state index in [0.717, 1.165) is 6.54 Å².